The van der Waals surface area contributed by atoms with E-state index in [9.17, 15) is 8.42 Å². The van der Waals surface area contributed by atoms with Crippen molar-refractivity contribution in [3.05, 3.63) is 0 Å². The van der Waals surface area contributed by atoms with Gasteiger partial charge in [0.15, 0.2) is 9.84 Å². The Morgan fingerprint density at radius 1 is 1.33 bits per heavy atom. The average molecular weight is 233 g/mol. The topological polar surface area (TPSA) is 46.2 Å². The molecule has 1 unspecified atom stereocenters. The Balaban J connectivity index is 2.35. The van der Waals surface area contributed by atoms with Gasteiger partial charge in [-0.15, -0.1) is 0 Å². The van der Waals surface area contributed by atoms with Crippen LogP contribution in [0.3, 0.4) is 0 Å². The van der Waals surface area contributed by atoms with Crippen molar-refractivity contribution in [3.8, 4) is 0 Å². The monoisotopic (exact) mass is 233 g/mol. The highest BCUT2D eigenvalue weighted by molar-refractivity contribution is 7.91. The van der Waals surface area contributed by atoms with E-state index in [2.05, 4.69) is 5.32 Å². The zero-order valence-corrected chi connectivity index (χ0v) is 10.6. The molecule has 1 N–H and O–H groups in total. The molecule has 90 valence electrons. The molecule has 1 heterocycles. The molecule has 1 aliphatic heterocycles. The third-order valence-electron chi connectivity index (χ3n) is 3.18. The molecular weight excluding hydrogens is 210 g/mol. The fourth-order valence-electron chi connectivity index (χ4n) is 1.90. The Morgan fingerprint density at radius 2 is 2.07 bits per heavy atom. The minimum absolute atomic E-state index is 0.226. The second-order valence-electron chi connectivity index (χ2n) is 4.77. The van der Waals surface area contributed by atoms with Gasteiger partial charge in [-0.25, -0.2) is 8.42 Å². The van der Waals surface area contributed by atoms with Gasteiger partial charge in [0, 0.05) is 0 Å². The van der Waals surface area contributed by atoms with Crippen LogP contribution in [0.5, 0.6) is 0 Å². The van der Waals surface area contributed by atoms with Crippen LogP contribution < -0.4 is 5.32 Å². The predicted molar refractivity (Wildman–Crippen MR) is 63.8 cm³/mol. The lowest BCUT2D eigenvalue weighted by Gasteiger charge is -2.15. The molecule has 1 saturated heterocycles. The molecule has 0 radical (unpaired) electrons. The number of sulfone groups is 1. The van der Waals surface area contributed by atoms with Gasteiger partial charge in [0.25, 0.3) is 0 Å². The molecule has 1 rings (SSSR count). The summed E-state index contributed by atoms with van der Waals surface area (Å²) < 4.78 is 23.3. The molecule has 0 aromatic rings. The van der Waals surface area contributed by atoms with Gasteiger partial charge >= 0.3 is 0 Å². The quantitative estimate of drug-likeness (QED) is 0.802. The molecule has 0 saturated carbocycles. The smallest absolute Gasteiger partial charge is 0.152 e. The number of hydrogen-bond donors (Lipinski definition) is 1. The summed E-state index contributed by atoms with van der Waals surface area (Å²) in [5, 5.41) is 3.14. The fraction of sp³-hybridized carbons (Fsp3) is 1.00. The standard InChI is InChI=1S/C11H23NO2S/c1-10(2)15(13,14)8-6-11-5-3-4-7-12-9-11/h10-12H,3-9H2,1-2H3. The molecule has 0 aromatic carbocycles. The van der Waals surface area contributed by atoms with E-state index in [1.165, 1.54) is 19.3 Å². The van der Waals surface area contributed by atoms with E-state index in [0.29, 0.717) is 11.7 Å². The van der Waals surface area contributed by atoms with E-state index >= 15 is 0 Å². The van der Waals surface area contributed by atoms with Gasteiger partial charge in [-0.05, 0) is 52.1 Å². The van der Waals surface area contributed by atoms with Gasteiger partial charge in [0.2, 0.25) is 0 Å². The zero-order chi connectivity index (χ0) is 11.3. The number of hydrogen-bond acceptors (Lipinski definition) is 3. The van der Waals surface area contributed by atoms with Crippen LogP contribution in [0.25, 0.3) is 0 Å². The summed E-state index contributed by atoms with van der Waals surface area (Å²) >= 11 is 0. The third kappa shape index (κ3) is 4.51. The summed E-state index contributed by atoms with van der Waals surface area (Å²) in [4.78, 5) is 0. The molecule has 0 aliphatic carbocycles. The number of rotatable bonds is 4. The van der Waals surface area contributed by atoms with Crippen LogP contribution in [0, 0.1) is 5.92 Å². The lowest BCUT2D eigenvalue weighted by molar-refractivity contribution is 0.462. The summed E-state index contributed by atoms with van der Waals surface area (Å²) in [7, 11) is -2.84. The van der Waals surface area contributed by atoms with E-state index in [4.69, 9.17) is 0 Å². The van der Waals surface area contributed by atoms with Crippen LogP contribution in [0.4, 0.5) is 0 Å². The van der Waals surface area contributed by atoms with Crippen molar-refractivity contribution in [2.24, 2.45) is 5.92 Å². The highest BCUT2D eigenvalue weighted by atomic mass is 32.2. The van der Waals surface area contributed by atoms with E-state index < -0.39 is 9.84 Å². The van der Waals surface area contributed by atoms with Crippen LogP contribution >= 0.6 is 0 Å². The van der Waals surface area contributed by atoms with Crippen molar-refractivity contribution in [3.63, 3.8) is 0 Å². The first-order valence-electron chi connectivity index (χ1n) is 5.94. The maximum Gasteiger partial charge on any atom is 0.152 e. The molecular formula is C11H23NO2S. The minimum atomic E-state index is -2.84. The summed E-state index contributed by atoms with van der Waals surface area (Å²) in [5.74, 6) is 0.915. The first-order valence-corrected chi connectivity index (χ1v) is 7.66. The summed E-state index contributed by atoms with van der Waals surface area (Å²) in [6, 6.07) is 0. The lowest BCUT2D eigenvalue weighted by Crippen LogP contribution is -2.24. The van der Waals surface area contributed by atoms with Crippen molar-refractivity contribution >= 4 is 9.84 Å². The van der Waals surface area contributed by atoms with Crippen molar-refractivity contribution in [1.29, 1.82) is 0 Å². The van der Waals surface area contributed by atoms with Gasteiger partial charge in [-0.1, -0.05) is 6.42 Å². The maximum absolute atomic E-state index is 11.6. The van der Waals surface area contributed by atoms with Gasteiger partial charge in [-0.3, -0.25) is 0 Å². The largest absolute Gasteiger partial charge is 0.316 e. The Morgan fingerprint density at radius 3 is 2.73 bits per heavy atom. The maximum atomic E-state index is 11.6. The van der Waals surface area contributed by atoms with Gasteiger partial charge < -0.3 is 5.32 Å². The number of nitrogens with one attached hydrogen (secondary N) is 1. The zero-order valence-electron chi connectivity index (χ0n) is 9.83. The molecule has 15 heavy (non-hydrogen) atoms. The molecule has 4 heteroatoms. The Bertz CT molecular complexity index is 264. The Hall–Kier alpha value is -0.0900. The van der Waals surface area contributed by atoms with Gasteiger partial charge in [0.1, 0.15) is 0 Å². The lowest BCUT2D eigenvalue weighted by atomic mass is 10.0. The van der Waals surface area contributed by atoms with Crippen LogP contribution in [-0.2, 0) is 9.84 Å². The second kappa shape index (κ2) is 5.85. The van der Waals surface area contributed by atoms with E-state index in [0.717, 1.165) is 19.5 Å². The second-order valence-corrected chi connectivity index (χ2v) is 7.45. The Kier molecular flexibility index (Phi) is 5.06. The normalized spacial score (nSPS) is 24.1. The third-order valence-corrected chi connectivity index (χ3v) is 5.42. The SMILES string of the molecule is CC(C)S(=O)(=O)CCC1CCCCNC1. The van der Waals surface area contributed by atoms with Crippen molar-refractivity contribution < 1.29 is 8.42 Å². The summed E-state index contributed by atoms with van der Waals surface area (Å²) in [6.07, 6.45) is 4.47. The predicted octanol–water partition coefficient (Wildman–Crippen LogP) is 1.59. The first-order chi connectivity index (χ1) is 7.02. The van der Waals surface area contributed by atoms with Crippen molar-refractivity contribution in [2.75, 3.05) is 18.8 Å². The molecule has 3 nitrogen and oxygen atoms in total. The Labute approximate surface area is 93.6 Å². The molecule has 1 aliphatic rings. The van der Waals surface area contributed by atoms with Crippen LogP contribution in [0.15, 0.2) is 0 Å². The molecule has 0 bridgehead atoms. The van der Waals surface area contributed by atoms with Crippen LogP contribution in [0.1, 0.15) is 39.5 Å². The highest BCUT2D eigenvalue weighted by Gasteiger charge is 2.19. The minimum Gasteiger partial charge on any atom is -0.316 e. The summed E-state index contributed by atoms with van der Waals surface area (Å²) in [5.41, 5.74) is 0. The van der Waals surface area contributed by atoms with E-state index in [1.807, 2.05) is 0 Å². The fourth-order valence-corrected chi connectivity index (χ4v) is 3.04. The molecule has 1 fully saturated rings. The van der Waals surface area contributed by atoms with Gasteiger partial charge in [-0.2, -0.15) is 0 Å². The highest BCUT2D eigenvalue weighted by Crippen LogP contribution is 2.16. The molecule has 0 amide bonds. The average Bonchev–Trinajstić information content (AvgIpc) is 2.42. The van der Waals surface area contributed by atoms with Crippen LogP contribution in [-0.4, -0.2) is 32.5 Å². The van der Waals surface area contributed by atoms with E-state index in [-0.39, 0.29) is 5.25 Å². The van der Waals surface area contributed by atoms with E-state index in [1.54, 1.807) is 13.8 Å². The van der Waals surface area contributed by atoms with Crippen molar-refractivity contribution in [2.45, 2.75) is 44.8 Å². The van der Waals surface area contributed by atoms with Crippen molar-refractivity contribution in [1.82, 2.24) is 5.32 Å². The van der Waals surface area contributed by atoms with Gasteiger partial charge in [0.05, 0.1) is 11.0 Å². The first kappa shape index (κ1) is 13.0. The van der Waals surface area contributed by atoms with Crippen LogP contribution in [0.2, 0.25) is 0 Å². The molecule has 0 aromatic heterocycles. The molecule has 0 spiro atoms. The molecule has 1 atom stereocenters. The summed E-state index contributed by atoms with van der Waals surface area (Å²) in [6.45, 7) is 5.61.